The van der Waals surface area contributed by atoms with Crippen molar-refractivity contribution in [1.29, 1.82) is 0 Å². The second kappa shape index (κ2) is 5.13. The van der Waals surface area contributed by atoms with Crippen LogP contribution in [0, 0.1) is 3.57 Å². The van der Waals surface area contributed by atoms with Crippen LogP contribution < -0.4 is 0 Å². The van der Waals surface area contributed by atoms with Crippen molar-refractivity contribution in [2.75, 3.05) is 0 Å². The van der Waals surface area contributed by atoms with Crippen LogP contribution in [-0.2, 0) is 17.6 Å². The van der Waals surface area contributed by atoms with Crippen LogP contribution in [0.3, 0.4) is 0 Å². The topological polar surface area (TPSA) is 26.3 Å². The Labute approximate surface area is 137 Å². The summed E-state index contributed by atoms with van der Waals surface area (Å²) in [4.78, 5) is 12.4. The smallest absolute Gasteiger partial charge is 0.339 e. The minimum atomic E-state index is -0.243. The minimum absolute atomic E-state index is 0.143. The number of cyclic esters (lactones) is 1. The van der Waals surface area contributed by atoms with Crippen molar-refractivity contribution in [3.05, 3.63) is 67.8 Å². The third-order valence-electron chi connectivity index (χ3n) is 4.43. The zero-order chi connectivity index (χ0) is 14.4. The molecule has 106 valence electrons. The summed E-state index contributed by atoms with van der Waals surface area (Å²) in [5, 5.41) is 0. The van der Waals surface area contributed by atoms with Crippen molar-refractivity contribution < 1.29 is 9.53 Å². The predicted octanol–water partition coefficient (Wildman–Crippen LogP) is 4.43. The first kappa shape index (κ1) is 13.3. The number of ether oxygens (including phenoxy) is 1. The zero-order valence-corrected chi connectivity index (χ0v) is 13.7. The number of fused-ring (bicyclic) bond motifs is 3. The number of rotatable bonds is 1. The van der Waals surface area contributed by atoms with Crippen molar-refractivity contribution in [2.45, 2.75) is 31.8 Å². The highest BCUT2D eigenvalue weighted by Gasteiger charge is 2.37. The van der Waals surface area contributed by atoms with Gasteiger partial charge >= 0.3 is 5.97 Å². The Hall–Kier alpha value is -1.36. The van der Waals surface area contributed by atoms with E-state index in [0.29, 0.717) is 0 Å². The van der Waals surface area contributed by atoms with Gasteiger partial charge in [0.15, 0.2) is 6.10 Å². The fourth-order valence-electron chi connectivity index (χ4n) is 3.46. The average molecular weight is 390 g/mol. The quantitative estimate of drug-likeness (QED) is 0.532. The van der Waals surface area contributed by atoms with Crippen LogP contribution in [0.1, 0.15) is 51.6 Å². The second-order valence-corrected chi connectivity index (χ2v) is 6.85. The van der Waals surface area contributed by atoms with E-state index in [9.17, 15) is 4.79 Å². The lowest BCUT2D eigenvalue weighted by atomic mass is 9.85. The van der Waals surface area contributed by atoms with E-state index in [0.717, 1.165) is 33.1 Å². The Bertz CT molecular complexity index is 722. The Kier molecular flexibility index (Phi) is 3.25. The number of aryl methyl sites for hydroxylation is 1. The van der Waals surface area contributed by atoms with Gasteiger partial charge in [0.1, 0.15) is 0 Å². The number of halogens is 1. The van der Waals surface area contributed by atoms with Crippen LogP contribution in [0.4, 0.5) is 0 Å². The highest BCUT2D eigenvalue weighted by Crippen LogP contribution is 2.42. The van der Waals surface area contributed by atoms with Gasteiger partial charge in [-0.25, -0.2) is 4.79 Å². The zero-order valence-electron chi connectivity index (χ0n) is 11.6. The molecule has 4 rings (SSSR count). The summed E-state index contributed by atoms with van der Waals surface area (Å²) in [6.07, 6.45) is 4.24. The Morgan fingerprint density at radius 1 is 1.10 bits per heavy atom. The van der Waals surface area contributed by atoms with E-state index in [-0.39, 0.29) is 12.1 Å². The summed E-state index contributed by atoms with van der Waals surface area (Å²) in [7, 11) is 0. The molecule has 2 aromatic carbocycles. The van der Waals surface area contributed by atoms with Gasteiger partial charge < -0.3 is 4.74 Å². The van der Waals surface area contributed by atoms with E-state index in [1.165, 1.54) is 24.0 Å². The molecule has 2 aliphatic rings. The SMILES string of the molecule is O=C1OC(c2ccccc2)c2c(I)cc3c(c21)CCCC3. The van der Waals surface area contributed by atoms with Gasteiger partial charge in [0.2, 0.25) is 0 Å². The summed E-state index contributed by atoms with van der Waals surface area (Å²) in [5.41, 5.74) is 5.56. The maximum atomic E-state index is 12.4. The summed E-state index contributed by atoms with van der Waals surface area (Å²) in [6.45, 7) is 0. The van der Waals surface area contributed by atoms with E-state index < -0.39 is 0 Å². The molecule has 0 fully saturated rings. The molecule has 0 saturated heterocycles. The number of carbonyl (C=O) groups excluding carboxylic acids is 1. The van der Waals surface area contributed by atoms with Gasteiger partial charge in [-0.15, -0.1) is 0 Å². The molecule has 0 spiro atoms. The Balaban J connectivity index is 1.92. The van der Waals surface area contributed by atoms with Gasteiger partial charge in [-0.2, -0.15) is 0 Å². The van der Waals surface area contributed by atoms with Gasteiger partial charge in [0.05, 0.1) is 5.56 Å². The van der Waals surface area contributed by atoms with Crippen molar-refractivity contribution >= 4 is 28.6 Å². The molecule has 0 bridgehead atoms. The van der Waals surface area contributed by atoms with Gasteiger partial charge in [0.25, 0.3) is 0 Å². The van der Waals surface area contributed by atoms with Crippen LogP contribution in [-0.4, -0.2) is 5.97 Å². The molecule has 2 nitrogen and oxygen atoms in total. The number of hydrogen-bond donors (Lipinski definition) is 0. The molecular weight excluding hydrogens is 375 g/mol. The van der Waals surface area contributed by atoms with Crippen molar-refractivity contribution in [3.63, 3.8) is 0 Å². The van der Waals surface area contributed by atoms with Crippen LogP contribution >= 0.6 is 22.6 Å². The lowest BCUT2D eigenvalue weighted by molar-refractivity contribution is 0.0454. The molecular formula is C18H15IO2. The minimum Gasteiger partial charge on any atom is -0.449 e. The predicted molar refractivity (Wildman–Crippen MR) is 89.5 cm³/mol. The summed E-state index contributed by atoms with van der Waals surface area (Å²) in [6, 6.07) is 12.3. The monoisotopic (exact) mass is 390 g/mol. The molecule has 2 aromatic rings. The van der Waals surface area contributed by atoms with Crippen LogP contribution in [0.5, 0.6) is 0 Å². The molecule has 1 aliphatic heterocycles. The normalized spacial score (nSPS) is 19.9. The van der Waals surface area contributed by atoms with E-state index in [1.807, 2.05) is 30.3 Å². The molecule has 1 atom stereocenters. The third kappa shape index (κ3) is 2.09. The van der Waals surface area contributed by atoms with Gasteiger partial charge in [-0.1, -0.05) is 30.3 Å². The molecule has 0 radical (unpaired) electrons. The Morgan fingerprint density at radius 2 is 1.86 bits per heavy atom. The molecule has 1 unspecified atom stereocenters. The van der Waals surface area contributed by atoms with E-state index in [4.69, 9.17) is 4.74 Å². The first-order chi connectivity index (χ1) is 10.3. The van der Waals surface area contributed by atoms with E-state index >= 15 is 0 Å². The summed E-state index contributed by atoms with van der Waals surface area (Å²) >= 11 is 2.35. The molecule has 0 amide bonds. The van der Waals surface area contributed by atoms with Crippen molar-refractivity contribution in [3.8, 4) is 0 Å². The maximum absolute atomic E-state index is 12.4. The van der Waals surface area contributed by atoms with E-state index in [2.05, 4.69) is 28.7 Å². The molecule has 3 heteroatoms. The van der Waals surface area contributed by atoms with Crippen LogP contribution in [0.2, 0.25) is 0 Å². The van der Waals surface area contributed by atoms with Crippen LogP contribution in [0.25, 0.3) is 0 Å². The molecule has 0 aromatic heterocycles. The fraction of sp³-hybridized carbons (Fsp3) is 0.278. The first-order valence-corrected chi connectivity index (χ1v) is 8.43. The van der Waals surface area contributed by atoms with Gasteiger partial charge in [-0.05, 0) is 71.0 Å². The third-order valence-corrected chi connectivity index (χ3v) is 5.33. The van der Waals surface area contributed by atoms with Crippen LogP contribution in [0.15, 0.2) is 36.4 Å². The number of carbonyl (C=O) groups is 1. The molecule has 21 heavy (non-hydrogen) atoms. The average Bonchev–Trinajstić information content (AvgIpc) is 2.87. The molecule has 1 aliphatic carbocycles. The Morgan fingerprint density at radius 3 is 2.67 bits per heavy atom. The van der Waals surface area contributed by atoms with E-state index in [1.54, 1.807) is 0 Å². The standard InChI is InChI=1S/C18H15IO2/c19-14-10-12-8-4-5-9-13(12)15-16(14)17(21-18(15)20)11-6-2-1-3-7-11/h1-3,6-7,10,17H,4-5,8-9H2. The number of benzene rings is 2. The largest absolute Gasteiger partial charge is 0.449 e. The van der Waals surface area contributed by atoms with Crippen molar-refractivity contribution in [1.82, 2.24) is 0 Å². The highest BCUT2D eigenvalue weighted by atomic mass is 127. The van der Waals surface area contributed by atoms with Gasteiger partial charge in [-0.3, -0.25) is 0 Å². The first-order valence-electron chi connectivity index (χ1n) is 7.36. The second-order valence-electron chi connectivity index (χ2n) is 5.69. The number of esters is 1. The molecule has 0 saturated carbocycles. The summed E-state index contributed by atoms with van der Waals surface area (Å²) < 4.78 is 6.88. The lowest BCUT2D eigenvalue weighted by Crippen LogP contribution is -2.10. The fourth-order valence-corrected chi connectivity index (χ4v) is 4.39. The number of hydrogen-bond acceptors (Lipinski definition) is 2. The molecule has 0 N–H and O–H groups in total. The summed E-state index contributed by atoms with van der Waals surface area (Å²) in [5.74, 6) is -0.143. The van der Waals surface area contributed by atoms with Gasteiger partial charge in [0, 0.05) is 9.13 Å². The maximum Gasteiger partial charge on any atom is 0.339 e. The highest BCUT2D eigenvalue weighted by molar-refractivity contribution is 14.1. The lowest BCUT2D eigenvalue weighted by Gasteiger charge is -2.19. The van der Waals surface area contributed by atoms with Crippen molar-refractivity contribution in [2.24, 2.45) is 0 Å². The molecule has 1 heterocycles.